The van der Waals surface area contributed by atoms with E-state index < -0.39 is 16.3 Å². The molecular weight excluding hydrogens is 333 g/mol. The molecule has 8 heteroatoms. The standard InChI is InChI=1S/C12H13BrFN3O3/c1-12(7-15,16-2)3-4-20-11-6-9(14)8(13)5-10(11)17(18)19/h5-6,16H,3-4H2,1-2H3. The summed E-state index contributed by atoms with van der Waals surface area (Å²) in [5, 5.41) is 22.7. The first-order valence-corrected chi connectivity index (χ1v) is 6.48. The molecule has 6 nitrogen and oxygen atoms in total. The van der Waals surface area contributed by atoms with Gasteiger partial charge < -0.3 is 10.1 Å². The molecule has 1 N–H and O–H groups in total. The number of halogens is 2. The second-order valence-corrected chi connectivity index (χ2v) is 5.14. The Morgan fingerprint density at radius 3 is 2.80 bits per heavy atom. The van der Waals surface area contributed by atoms with Gasteiger partial charge in [0.25, 0.3) is 0 Å². The quantitative estimate of drug-likeness (QED) is 0.632. The number of rotatable bonds is 6. The molecule has 0 bridgehead atoms. The predicted octanol–water partition coefficient (Wildman–Crippen LogP) is 2.77. The molecule has 20 heavy (non-hydrogen) atoms. The van der Waals surface area contributed by atoms with Crippen LogP contribution in [0.5, 0.6) is 5.75 Å². The second kappa shape index (κ2) is 6.63. The third-order valence-electron chi connectivity index (χ3n) is 2.86. The SMILES string of the molecule is CNC(C)(C#N)CCOc1cc(F)c(Br)cc1[N+](=O)[O-]. The highest BCUT2D eigenvalue weighted by Crippen LogP contribution is 2.32. The van der Waals surface area contributed by atoms with Crippen molar-refractivity contribution in [1.82, 2.24) is 5.32 Å². The summed E-state index contributed by atoms with van der Waals surface area (Å²) in [7, 11) is 1.63. The van der Waals surface area contributed by atoms with E-state index in [1.54, 1.807) is 14.0 Å². The zero-order valence-electron chi connectivity index (χ0n) is 10.9. The molecule has 0 heterocycles. The van der Waals surface area contributed by atoms with Crippen LogP contribution in [0.2, 0.25) is 0 Å². The minimum Gasteiger partial charge on any atom is -0.487 e. The molecule has 108 valence electrons. The van der Waals surface area contributed by atoms with E-state index in [2.05, 4.69) is 27.3 Å². The Morgan fingerprint density at radius 2 is 2.30 bits per heavy atom. The van der Waals surface area contributed by atoms with Crippen LogP contribution in [0.15, 0.2) is 16.6 Å². The van der Waals surface area contributed by atoms with Gasteiger partial charge in [-0.2, -0.15) is 5.26 Å². The van der Waals surface area contributed by atoms with E-state index in [9.17, 15) is 14.5 Å². The van der Waals surface area contributed by atoms with Crippen LogP contribution in [0.1, 0.15) is 13.3 Å². The van der Waals surface area contributed by atoms with E-state index in [1.165, 1.54) is 0 Å². The summed E-state index contributed by atoms with van der Waals surface area (Å²) in [5.74, 6) is -0.811. The minimum atomic E-state index is -0.803. The van der Waals surface area contributed by atoms with Gasteiger partial charge in [0.05, 0.1) is 22.1 Å². The van der Waals surface area contributed by atoms with Gasteiger partial charge >= 0.3 is 5.69 Å². The van der Waals surface area contributed by atoms with Gasteiger partial charge in [-0.15, -0.1) is 0 Å². The van der Waals surface area contributed by atoms with E-state index in [0.29, 0.717) is 6.42 Å². The van der Waals surface area contributed by atoms with Crippen LogP contribution >= 0.6 is 15.9 Å². The maximum atomic E-state index is 13.4. The highest BCUT2D eigenvalue weighted by Gasteiger charge is 2.23. The zero-order chi connectivity index (χ0) is 15.3. The first-order chi connectivity index (χ1) is 9.33. The second-order valence-electron chi connectivity index (χ2n) is 4.28. The fourth-order valence-electron chi connectivity index (χ4n) is 1.38. The predicted molar refractivity (Wildman–Crippen MR) is 73.9 cm³/mol. The highest BCUT2D eigenvalue weighted by atomic mass is 79.9. The van der Waals surface area contributed by atoms with Gasteiger partial charge in [0.1, 0.15) is 11.4 Å². The third kappa shape index (κ3) is 3.88. The number of nitrogens with zero attached hydrogens (tertiary/aromatic N) is 2. The Balaban J connectivity index is 2.86. The fraction of sp³-hybridized carbons (Fsp3) is 0.417. The molecule has 0 aliphatic carbocycles. The van der Waals surface area contributed by atoms with Crippen LogP contribution in [0.3, 0.4) is 0 Å². The molecule has 0 radical (unpaired) electrons. The number of nitrogens with one attached hydrogen (secondary N) is 1. The molecule has 0 fully saturated rings. The molecule has 1 unspecified atom stereocenters. The monoisotopic (exact) mass is 345 g/mol. The lowest BCUT2D eigenvalue weighted by Crippen LogP contribution is -2.39. The summed E-state index contributed by atoms with van der Waals surface area (Å²) in [6, 6.07) is 4.06. The van der Waals surface area contributed by atoms with Gasteiger partial charge in [-0.25, -0.2) is 4.39 Å². The zero-order valence-corrected chi connectivity index (χ0v) is 12.5. The summed E-state index contributed by atoms with van der Waals surface area (Å²) in [4.78, 5) is 10.2. The number of nitriles is 1. The fourth-order valence-corrected chi connectivity index (χ4v) is 1.71. The molecule has 1 aromatic carbocycles. The van der Waals surface area contributed by atoms with Crippen molar-refractivity contribution in [3.05, 3.63) is 32.5 Å². The van der Waals surface area contributed by atoms with Gasteiger partial charge in [0.2, 0.25) is 0 Å². The van der Waals surface area contributed by atoms with Crippen LogP contribution in [0, 0.1) is 27.3 Å². The average molecular weight is 346 g/mol. The summed E-state index contributed by atoms with van der Waals surface area (Å²) in [6.45, 7) is 1.72. The number of nitro benzene ring substituents is 1. The van der Waals surface area contributed by atoms with E-state index in [-0.39, 0.29) is 22.5 Å². The van der Waals surface area contributed by atoms with Crippen molar-refractivity contribution >= 4 is 21.6 Å². The number of nitro groups is 1. The lowest BCUT2D eigenvalue weighted by molar-refractivity contribution is -0.386. The molecule has 0 aromatic heterocycles. The van der Waals surface area contributed by atoms with Gasteiger partial charge in [0.15, 0.2) is 5.75 Å². The Kier molecular flexibility index (Phi) is 5.42. The van der Waals surface area contributed by atoms with Gasteiger partial charge in [-0.1, -0.05) is 0 Å². The van der Waals surface area contributed by atoms with E-state index in [0.717, 1.165) is 12.1 Å². The maximum absolute atomic E-state index is 13.4. The van der Waals surface area contributed by atoms with Crippen molar-refractivity contribution in [2.45, 2.75) is 18.9 Å². The van der Waals surface area contributed by atoms with Crippen LogP contribution in [-0.4, -0.2) is 24.1 Å². The van der Waals surface area contributed by atoms with Crippen molar-refractivity contribution in [3.63, 3.8) is 0 Å². The van der Waals surface area contributed by atoms with E-state index in [1.807, 2.05) is 0 Å². The molecule has 0 saturated heterocycles. The molecule has 0 aliphatic heterocycles. The Morgan fingerprint density at radius 1 is 1.65 bits per heavy atom. The van der Waals surface area contributed by atoms with E-state index in [4.69, 9.17) is 10.00 Å². The normalized spacial score (nSPS) is 13.3. The van der Waals surface area contributed by atoms with Crippen molar-refractivity contribution in [2.24, 2.45) is 0 Å². The number of benzene rings is 1. The van der Waals surface area contributed by atoms with Crippen molar-refractivity contribution < 1.29 is 14.1 Å². The third-order valence-corrected chi connectivity index (χ3v) is 3.46. The Labute approximate surface area is 123 Å². The maximum Gasteiger partial charge on any atom is 0.312 e. The number of ether oxygens (including phenoxy) is 1. The van der Waals surface area contributed by atoms with E-state index >= 15 is 0 Å². The molecule has 1 aromatic rings. The highest BCUT2D eigenvalue weighted by molar-refractivity contribution is 9.10. The lowest BCUT2D eigenvalue weighted by atomic mass is 10.0. The molecule has 0 saturated carbocycles. The summed E-state index contributed by atoms with van der Waals surface area (Å²) >= 11 is 2.88. The first kappa shape index (κ1) is 16.3. The molecular formula is C12H13BrFN3O3. The van der Waals surface area contributed by atoms with Gasteiger partial charge in [-0.3, -0.25) is 10.1 Å². The van der Waals surface area contributed by atoms with Gasteiger partial charge in [-0.05, 0) is 29.9 Å². The largest absolute Gasteiger partial charge is 0.487 e. The van der Waals surface area contributed by atoms with Crippen molar-refractivity contribution in [3.8, 4) is 11.8 Å². The summed E-state index contributed by atoms with van der Waals surface area (Å²) < 4.78 is 18.6. The van der Waals surface area contributed by atoms with Crippen LogP contribution in [-0.2, 0) is 0 Å². The van der Waals surface area contributed by atoms with Gasteiger partial charge in [0, 0.05) is 18.6 Å². The smallest absolute Gasteiger partial charge is 0.312 e. The lowest BCUT2D eigenvalue weighted by Gasteiger charge is -2.20. The number of hydrogen-bond acceptors (Lipinski definition) is 5. The summed E-state index contributed by atoms with van der Waals surface area (Å²) in [5.41, 5.74) is -1.13. The molecule has 0 spiro atoms. The Hall–Kier alpha value is -1.72. The minimum absolute atomic E-state index is 0.00589. The summed E-state index contributed by atoms with van der Waals surface area (Å²) in [6.07, 6.45) is 0.300. The molecule has 1 rings (SSSR count). The Bertz CT molecular complexity index is 562. The molecule has 1 atom stereocenters. The van der Waals surface area contributed by atoms with Crippen LogP contribution in [0.4, 0.5) is 10.1 Å². The average Bonchev–Trinajstić information content (AvgIpc) is 2.41. The van der Waals surface area contributed by atoms with Crippen molar-refractivity contribution in [1.29, 1.82) is 5.26 Å². The van der Waals surface area contributed by atoms with Crippen LogP contribution in [0.25, 0.3) is 0 Å². The van der Waals surface area contributed by atoms with Crippen molar-refractivity contribution in [2.75, 3.05) is 13.7 Å². The topological polar surface area (TPSA) is 88.2 Å². The molecule has 0 amide bonds. The van der Waals surface area contributed by atoms with Crippen LogP contribution < -0.4 is 10.1 Å². The molecule has 0 aliphatic rings. The first-order valence-electron chi connectivity index (χ1n) is 5.69. The number of hydrogen-bond donors (Lipinski definition) is 1.